The molecular formula is C20H19NO. The Hall–Kier alpha value is -2.61. The molecule has 2 nitrogen and oxygen atoms in total. The molecular weight excluding hydrogens is 270 g/mol. The summed E-state index contributed by atoms with van der Waals surface area (Å²) >= 11 is 0. The van der Waals surface area contributed by atoms with Crippen LogP contribution in [0, 0.1) is 6.92 Å². The third kappa shape index (κ3) is 2.86. The van der Waals surface area contributed by atoms with E-state index in [-0.39, 0.29) is 11.9 Å². The number of benzene rings is 3. The highest BCUT2D eigenvalue weighted by molar-refractivity contribution is 5.95. The van der Waals surface area contributed by atoms with E-state index in [0.717, 1.165) is 11.1 Å². The third-order valence-corrected chi connectivity index (χ3v) is 3.95. The van der Waals surface area contributed by atoms with Crippen molar-refractivity contribution in [1.29, 1.82) is 0 Å². The monoisotopic (exact) mass is 289 g/mol. The van der Waals surface area contributed by atoms with Gasteiger partial charge in [-0.25, -0.2) is 0 Å². The highest BCUT2D eigenvalue weighted by Crippen LogP contribution is 2.24. The highest BCUT2D eigenvalue weighted by atomic mass is 16.1. The molecule has 1 amide bonds. The SMILES string of the molecule is Cc1ccc(C(=O)N[C@@H](C)c2cccc3ccccc23)cc1. The molecule has 1 N–H and O–H groups in total. The minimum Gasteiger partial charge on any atom is -0.345 e. The van der Waals surface area contributed by atoms with Crippen LogP contribution in [0.2, 0.25) is 0 Å². The van der Waals surface area contributed by atoms with Crippen molar-refractivity contribution < 1.29 is 4.79 Å². The van der Waals surface area contributed by atoms with Crippen molar-refractivity contribution in [2.45, 2.75) is 19.9 Å². The minimum atomic E-state index is -0.0418. The molecule has 0 saturated heterocycles. The number of amides is 1. The van der Waals surface area contributed by atoms with Crippen molar-refractivity contribution in [3.8, 4) is 0 Å². The summed E-state index contributed by atoms with van der Waals surface area (Å²) < 4.78 is 0. The van der Waals surface area contributed by atoms with Crippen LogP contribution >= 0.6 is 0 Å². The van der Waals surface area contributed by atoms with Crippen molar-refractivity contribution in [2.24, 2.45) is 0 Å². The molecule has 0 radical (unpaired) electrons. The molecule has 110 valence electrons. The molecule has 0 bridgehead atoms. The van der Waals surface area contributed by atoms with E-state index >= 15 is 0 Å². The summed E-state index contributed by atoms with van der Waals surface area (Å²) in [7, 11) is 0. The Labute approximate surface area is 130 Å². The second-order valence-electron chi connectivity index (χ2n) is 5.63. The van der Waals surface area contributed by atoms with Crippen molar-refractivity contribution in [3.05, 3.63) is 83.4 Å². The number of hydrogen-bond acceptors (Lipinski definition) is 1. The van der Waals surface area contributed by atoms with Gasteiger partial charge in [0.1, 0.15) is 0 Å². The topological polar surface area (TPSA) is 29.1 Å². The predicted molar refractivity (Wildman–Crippen MR) is 91.0 cm³/mol. The van der Waals surface area contributed by atoms with Crippen LogP contribution in [0.5, 0.6) is 0 Å². The Morgan fingerprint density at radius 3 is 2.36 bits per heavy atom. The molecule has 0 aliphatic rings. The molecule has 2 heteroatoms. The number of aryl methyl sites for hydroxylation is 1. The predicted octanol–water partition coefficient (Wildman–Crippen LogP) is 4.64. The summed E-state index contributed by atoms with van der Waals surface area (Å²) in [6.45, 7) is 4.04. The smallest absolute Gasteiger partial charge is 0.251 e. The maximum absolute atomic E-state index is 12.4. The molecule has 3 rings (SSSR count). The molecule has 0 unspecified atom stereocenters. The maximum Gasteiger partial charge on any atom is 0.251 e. The van der Waals surface area contributed by atoms with Crippen LogP contribution in [0.15, 0.2) is 66.7 Å². The van der Waals surface area contributed by atoms with Crippen LogP contribution in [0.1, 0.15) is 34.5 Å². The van der Waals surface area contributed by atoms with Crippen LogP contribution < -0.4 is 5.32 Å². The molecule has 0 fully saturated rings. The van der Waals surface area contributed by atoms with E-state index in [9.17, 15) is 4.79 Å². The van der Waals surface area contributed by atoms with Crippen LogP contribution in [-0.2, 0) is 0 Å². The Bertz CT molecular complexity index is 800. The number of carbonyl (C=O) groups is 1. The van der Waals surface area contributed by atoms with Gasteiger partial charge < -0.3 is 5.32 Å². The van der Waals surface area contributed by atoms with E-state index < -0.39 is 0 Å². The van der Waals surface area contributed by atoms with Gasteiger partial charge in [0.2, 0.25) is 0 Å². The quantitative estimate of drug-likeness (QED) is 0.747. The van der Waals surface area contributed by atoms with Gasteiger partial charge in [-0.2, -0.15) is 0 Å². The van der Waals surface area contributed by atoms with Crippen molar-refractivity contribution >= 4 is 16.7 Å². The van der Waals surface area contributed by atoms with Crippen LogP contribution in [0.25, 0.3) is 10.8 Å². The molecule has 3 aromatic carbocycles. The second kappa shape index (κ2) is 6.02. The van der Waals surface area contributed by atoms with E-state index in [1.165, 1.54) is 10.8 Å². The van der Waals surface area contributed by atoms with E-state index in [1.807, 2.05) is 56.3 Å². The van der Waals surface area contributed by atoms with Crippen LogP contribution in [0.4, 0.5) is 0 Å². The zero-order valence-electron chi connectivity index (χ0n) is 12.8. The number of fused-ring (bicyclic) bond motifs is 1. The average molecular weight is 289 g/mol. The summed E-state index contributed by atoms with van der Waals surface area (Å²) in [5.74, 6) is -0.0413. The molecule has 0 heterocycles. The standard InChI is InChI=1S/C20H19NO/c1-14-10-12-17(13-11-14)20(22)21-15(2)18-9-5-7-16-6-3-4-8-19(16)18/h3-13,15H,1-2H3,(H,21,22)/t15-/m0/s1. The van der Waals surface area contributed by atoms with Gasteiger partial charge in [-0.05, 0) is 42.3 Å². The van der Waals surface area contributed by atoms with E-state index in [4.69, 9.17) is 0 Å². The zero-order valence-corrected chi connectivity index (χ0v) is 12.8. The van der Waals surface area contributed by atoms with Crippen molar-refractivity contribution in [2.75, 3.05) is 0 Å². The summed E-state index contributed by atoms with van der Waals surface area (Å²) in [4.78, 5) is 12.4. The lowest BCUT2D eigenvalue weighted by Gasteiger charge is -2.16. The molecule has 0 saturated carbocycles. The summed E-state index contributed by atoms with van der Waals surface area (Å²) in [5, 5.41) is 5.46. The number of nitrogens with one attached hydrogen (secondary N) is 1. The minimum absolute atomic E-state index is 0.0413. The zero-order chi connectivity index (χ0) is 15.5. The normalized spacial score (nSPS) is 12.1. The highest BCUT2D eigenvalue weighted by Gasteiger charge is 2.13. The van der Waals surface area contributed by atoms with Gasteiger partial charge in [0.05, 0.1) is 6.04 Å². The van der Waals surface area contributed by atoms with E-state index in [0.29, 0.717) is 5.56 Å². The number of carbonyl (C=O) groups excluding carboxylic acids is 1. The van der Waals surface area contributed by atoms with Gasteiger partial charge in [0.25, 0.3) is 5.91 Å². The fourth-order valence-corrected chi connectivity index (χ4v) is 2.69. The fourth-order valence-electron chi connectivity index (χ4n) is 2.69. The Kier molecular flexibility index (Phi) is 3.92. The van der Waals surface area contributed by atoms with Gasteiger partial charge in [0.15, 0.2) is 0 Å². The van der Waals surface area contributed by atoms with Gasteiger partial charge in [-0.3, -0.25) is 4.79 Å². The first kappa shape index (κ1) is 14.3. The second-order valence-corrected chi connectivity index (χ2v) is 5.63. The van der Waals surface area contributed by atoms with E-state index in [2.05, 4.69) is 29.6 Å². The Morgan fingerprint density at radius 1 is 0.909 bits per heavy atom. The Balaban J connectivity index is 1.85. The molecule has 3 aromatic rings. The first-order chi connectivity index (χ1) is 10.6. The first-order valence-electron chi connectivity index (χ1n) is 7.50. The van der Waals surface area contributed by atoms with Crippen LogP contribution in [-0.4, -0.2) is 5.91 Å². The molecule has 0 aliphatic carbocycles. The summed E-state index contributed by atoms with van der Waals surface area (Å²) in [6.07, 6.45) is 0. The lowest BCUT2D eigenvalue weighted by molar-refractivity contribution is 0.0940. The average Bonchev–Trinajstić information content (AvgIpc) is 2.54. The maximum atomic E-state index is 12.4. The van der Waals surface area contributed by atoms with Gasteiger partial charge in [-0.15, -0.1) is 0 Å². The summed E-state index contributed by atoms with van der Waals surface area (Å²) in [6, 6.07) is 22.0. The summed E-state index contributed by atoms with van der Waals surface area (Å²) in [5.41, 5.74) is 2.98. The van der Waals surface area contributed by atoms with E-state index in [1.54, 1.807) is 0 Å². The third-order valence-electron chi connectivity index (χ3n) is 3.95. The lowest BCUT2D eigenvalue weighted by Crippen LogP contribution is -2.26. The molecule has 0 spiro atoms. The molecule has 0 aliphatic heterocycles. The van der Waals surface area contributed by atoms with Crippen LogP contribution in [0.3, 0.4) is 0 Å². The number of hydrogen-bond donors (Lipinski definition) is 1. The fraction of sp³-hybridized carbons (Fsp3) is 0.150. The van der Waals surface area contributed by atoms with Gasteiger partial charge in [0, 0.05) is 5.56 Å². The van der Waals surface area contributed by atoms with Crippen molar-refractivity contribution in [3.63, 3.8) is 0 Å². The lowest BCUT2D eigenvalue weighted by atomic mass is 9.99. The molecule has 22 heavy (non-hydrogen) atoms. The molecule has 1 atom stereocenters. The molecule has 0 aromatic heterocycles. The van der Waals surface area contributed by atoms with Gasteiger partial charge >= 0.3 is 0 Å². The van der Waals surface area contributed by atoms with Gasteiger partial charge in [-0.1, -0.05) is 60.2 Å². The van der Waals surface area contributed by atoms with Crippen molar-refractivity contribution in [1.82, 2.24) is 5.32 Å². The largest absolute Gasteiger partial charge is 0.345 e. The Morgan fingerprint density at radius 2 is 1.59 bits per heavy atom. The first-order valence-corrected chi connectivity index (χ1v) is 7.50. The number of rotatable bonds is 3.